The number of rotatable bonds is 4. The number of hydrogen-bond donors (Lipinski definition) is 3. The molecule has 0 unspecified atom stereocenters. The summed E-state index contributed by atoms with van der Waals surface area (Å²) < 4.78 is 0. The van der Waals surface area contributed by atoms with E-state index in [2.05, 4.69) is 50.9 Å². The third-order valence-corrected chi connectivity index (χ3v) is 6.98. The second-order valence-corrected chi connectivity index (χ2v) is 9.69. The first kappa shape index (κ1) is 25.0. The molecule has 0 radical (unpaired) electrons. The molecule has 5 aromatic rings. The van der Waals surface area contributed by atoms with Gasteiger partial charge in [0.25, 0.3) is 5.91 Å². The molecule has 6 rings (SSSR count). The predicted molar refractivity (Wildman–Crippen MR) is 157 cm³/mol. The lowest BCUT2D eigenvalue weighted by molar-refractivity contribution is 0.0789. The zero-order valence-electron chi connectivity index (χ0n) is 21.7. The Hall–Kier alpha value is -5.35. The summed E-state index contributed by atoms with van der Waals surface area (Å²) in [5, 5.41) is 14.0. The maximum Gasteiger partial charge on any atom is 0.319 e. The first-order chi connectivity index (χ1) is 19.6. The molecule has 0 saturated carbocycles. The van der Waals surface area contributed by atoms with Crippen LogP contribution in [0.25, 0.3) is 22.0 Å². The Labute approximate surface area is 232 Å². The molecule has 1 saturated heterocycles. The van der Waals surface area contributed by atoms with Crippen molar-refractivity contribution in [1.82, 2.24) is 20.4 Å². The van der Waals surface area contributed by atoms with Crippen LogP contribution in [0.3, 0.4) is 0 Å². The quantitative estimate of drug-likeness (QED) is 0.264. The second-order valence-electron chi connectivity index (χ2n) is 9.69. The minimum Gasteiger partial charge on any atom is -0.337 e. The van der Waals surface area contributed by atoms with Crippen molar-refractivity contribution < 1.29 is 9.59 Å². The maximum absolute atomic E-state index is 13.4. The third-order valence-electron chi connectivity index (χ3n) is 6.98. The zero-order chi connectivity index (χ0) is 27.3. The highest BCUT2D eigenvalue weighted by atomic mass is 16.2. The van der Waals surface area contributed by atoms with Crippen molar-refractivity contribution in [3.8, 4) is 23.0 Å². The largest absolute Gasteiger partial charge is 0.337 e. The van der Waals surface area contributed by atoms with Gasteiger partial charge in [-0.15, -0.1) is 0 Å². The number of hydrogen-bond acceptors (Lipinski definition) is 3. The van der Waals surface area contributed by atoms with E-state index in [4.69, 9.17) is 0 Å². The fourth-order valence-electron chi connectivity index (χ4n) is 4.95. The van der Waals surface area contributed by atoms with Gasteiger partial charge in [-0.3, -0.25) is 9.89 Å². The van der Waals surface area contributed by atoms with Crippen LogP contribution in [0.1, 0.15) is 28.0 Å². The van der Waals surface area contributed by atoms with Crippen molar-refractivity contribution in [3.63, 3.8) is 0 Å². The van der Waals surface area contributed by atoms with Crippen LogP contribution in [0.4, 0.5) is 10.5 Å². The van der Waals surface area contributed by atoms with Crippen molar-refractivity contribution in [3.05, 3.63) is 120 Å². The third kappa shape index (κ3) is 5.42. The Bertz CT molecular complexity index is 1730. The summed E-state index contributed by atoms with van der Waals surface area (Å²) in [5.41, 5.74) is 5.77. The van der Waals surface area contributed by atoms with E-state index < -0.39 is 0 Å². The lowest BCUT2D eigenvalue weighted by atomic mass is 10.00. The number of carbonyl (C=O) groups is 2. The molecule has 1 atom stereocenters. The number of para-hydroxylation sites is 1. The molecule has 2 heterocycles. The van der Waals surface area contributed by atoms with E-state index >= 15 is 0 Å². The number of benzene rings is 4. The van der Waals surface area contributed by atoms with Gasteiger partial charge < -0.3 is 15.5 Å². The normalized spacial score (nSPS) is 14.4. The molecule has 40 heavy (non-hydrogen) atoms. The number of H-pyrrole nitrogens is 1. The van der Waals surface area contributed by atoms with Crippen LogP contribution >= 0.6 is 0 Å². The van der Waals surface area contributed by atoms with Crippen molar-refractivity contribution in [2.24, 2.45) is 0 Å². The van der Waals surface area contributed by atoms with Gasteiger partial charge in [0.05, 0.1) is 5.52 Å². The second kappa shape index (κ2) is 11.2. The molecule has 7 heteroatoms. The van der Waals surface area contributed by atoms with Crippen LogP contribution in [-0.4, -0.2) is 46.2 Å². The minimum atomic E-state index is -0.276. The molecule has 3 N–H and O–H groups in total. The zero-order valence-corrected chi connectivity index (χ0v) is 21.7. The van der Waals surface area contributed by atoms with Gasteiger partial charge in [-0.25, -0.2) is 4.79 Å². The van der Waals surface area contributed by atoms with Gasteiger partial charge in [0.15, 0.2) is 0 Å². The molecule has 0 spiro atoms. The van der Waals surface area contributed by atoms with E-state index in [1.54, 1.807) is 11.0 Å². The number of aromatic amines is 1. The highest BCUT2D eigenvalue weighted by molar-refractivity contribution is 5.99. The molecular formula is C33H27N5O2. The van der Waals surface area contributed by atoms with Crippen LogP contribution in [0, 0.1) is 11.8 Å². The van der Waals surface area contributed by atoms with Crippen molar-refractivity contribution in [2.75, 3.05) is 18.4 Å². The van der Waals surface area contributed by atoms with Gasteiger partial charge in [0.2, 0.25) is 0 Å². The lowest BCUT2D eigenvalue weighted by Gasteiger charge is -2.17. The topological polar surface area (TPSA) is 90.1 Å². The van der Waals surface area contributed by atoms with E-state index in [9.17, 15) is 9.59 Å². The van der Waals surface area contributed by atoms with Gasteiger partial charge >= 0.3 is 6.03 Å². The standard InChI is InChI=1S/C33H27N5O2/c39-32(38-20-19-27(22-38)35-33(40)34-26-12-5-2-6-13-26)25-16-18-31-29(21-25)30(36-37-31)17-15-24-11-7-8-14-28(24)23-9-3-1-4-10-23/h1-14,16,18,21,27H,19-20,22H2,(H,36,37)(H2,34,35,40)/t27-/m1/s1. The van der Waals surface area contributed by atoms with E-state index in [0.29, 0.717) is 30.8 Å². The molecule has 1 aromatic heterocycles. The number of carbonyl (C=O) groups excluding carboxylic acids is 2. The Morgan fingerprint density at radius 3 is 2.45 bits per heavy atom. The van der Waals surface area contributed by atoms with Crippen LogP contribution in [0.2, 0.25) is 0 Å². The number of aromatic nitrogens is 2. The number of fused-ring (bicyclic) bond motifs is 1. The minimum absolute atomic E-state index is 0.0794. The van der Waals surface area contributed by atoms with E-state index in [1.165, 1.54) is 0 Å². The smallest absolute Gasteiger partial charge is 0.319 e. The van der Waals surface area contributed by atoms with Gasteiger partial charge in [0, 0.05) is 41.3 Å². The molecule has 3 amide bonds. The van der Waals surface area contributed by atoms with Crippen molar-refractivity contribution >= 4 is 28.5 Å². The maximum atomic E-state index is 13.4. The number of nitrogens with zero attached hydrogens (tertiary/aromatic N) is 2. The average molecular weight is 526 g/mol. The van der Waals surface area contributed by atoms with Gasteiger partial charge in [-0.05, 0) is 59.9 Å². The molecule has 7 nitrogen and oxygen atoms in total. The molecule has 196 valence electrons. The number of nitrogens with one attached hydrogen (secondary N) is 3. The van der Waals surface area contributed by atoms with Crippen LogP contribution < -0.4 is 10.6 Å². The molecule has 0 aliphatic carbocycles. The SMILES string of the molecule is O=C(Nc1ccccc1)N[C@@H]1CCN(C(=O)c2ccc3n[nH]c(C#Cc4ccccc4-c4ccccc4)c3c2)C1. The molecule has 1 aliphatic heterocycles. The number of amides is 3. The number of anilines is 1. The summed E-state index contributed by atoms with van der Waals surface area (Å²) in [6.45, 7) is 1.02. The Kier molecular flexibility index (Phi) is 6.97. The van der Waals surface area contributed by atoms with E-state index in [-0.39, 0.29) is 18.0 Å². The van der Waals surface area contributed by atoms with Gasteiger partial charge in [-0.2, -0.15) is 5.10 Å². The average Bonchev–Trinajstić information content (AvgIpc) is 3.63. The monoisotopic (exact) mass is 525 g/mol. The number of urea groups is 1. The van der Waals surface area contributed by atoms with Crippen molar-refractivity contribution in [2.45, 2.75) is 12.5 Å². The molecule has 1 aliphatic rings. The summed E-state index contributed by atoms with van der Waals surface area (Å²) in [5.74, 6) is 6.44. The van der Waals surface area contributed by atoms with Crippen LogP contribution in [0.5, 0.6) is 0 Å². The van der Waals surface area contributed by atoms with E-state index in [0.717, 1.165) is 33.3 Å². The summed E-state index contributed by atoms with van der Waals surface area (Å²) in [7, 11) is 0. The van der Waals surface area contributed by atoms with Gasteiger partial charge in [0.1, 0.15) is 5.69 Å². The summed E-state index contributed by atoms with van der Waals surface area (Å²) >= 11 is 0. The highest BCUT2D eigenvalue weighted by Crippen LogP contribution is 2.24. The summed E-state index contributed by atoms with van der Waals surface area (Å²) in [4.78, 5) is 27.5. The summed E-state index contributed by atoms with van der Waals surface area (Å²) in [6.07, 6.45) is 0.694. The van der Waals surface area contributed by atoms with Crippen molar-refractivity contribution in [1.29, 1.82) is 0 Å². The lowest BCUT2D eigenvalue weighted by Crippen LogP contribution is -2.40. The summed E-state index contributed by atoms with van der Waals surface area (Å²) in [6, 6.07) is 32.6. The Morgan fingerprint density at radius 2 is 1.62 bits per heavy atom. The van der Waals surface area contributed by atoms with Crippen LogP contribution in [0.15, 0.2) is 103 Å². The highest BCUT2D eigenvalue weighted by Gasteiger charge is 2.28. The Morgan fingerprint density at radius 1 is 0.875 bits per heavy atom. The van der Waals surface area contributed by atoms with Gasteiger partial charge in [-0.1, -0.05) is 72.7 Å². The molecule has 1 fully saturated rings. The Balaban J connectivity index is 1.17. The van der Waals surface area contributed by atoms with Crippen LogP contribution in [-0.2, 0) is 0 Å². The molecule has 0 bridgehead atoms. The molecule has 4 aromatic carbocycles. The first-order valence-corrected chi connectivity index (χ1v) is 13.2. The number of likely N-dealkylation sites (tertiary alicyclic amines) is 1. The molecular weight excluding hydrogens is 498 g/mol. The first-order valence-electron chi connectivity index (χ1n) is 13.2. The fourth-order valence-corrected chi connectivity index (χ4v) is 4.95. The fraction of sp³-hybridized carbons (Fsp3) is 0.121. The van der Waals surface area contributed by atoms with E-state index in [1.807, 2.05) is 78.9 Å². The predicted octanol–water partition coefficient (Wildman–Crippen LogP) is 5.67.